The highest BCUT2D eigenvalue weighted by Gasteiger charge is 2.27. The second-order valence-electron chi connectivity index (χ2n) is 6.09. The van der Waals surface area contributed by atoms with Crippen molar-refractivity contribution in [2.24, 2.45) is 0 Å². The Morgan fingerprint density at radius 3 is 2.77 bits per heavy atom. The second-order valence-corrected chi connectivity index (χ2v) is 6.09. The maximum atomic E-state index is 6.23. The summed E-state index contributed by atoms with van der Waals surface area (Å²) in [7, 11) is 0. The van der Waals surface area contributed by atoms with Crippen LogP contribution in [0, 0.1) is 0 Å². The molecule has 0 unspecified atom stereocenters. The molecule has 0 bridgehead atoms. The van der Waals surface area contributed by atoms with Crippen LogP contribution in [0.2, 0.25) is 0 Å². The first kappa shape index (κ1) is 12.1. The molecule has 2 aromatic rings. The molecule has 0 atom stereocenters. The van der Waals surface area contributed by atoms with Crippen LogP contribution in [0.3, 0.4) is 0 Å². The SMILES string of the molecule is C1=CC2=C(CC1)Oc1ccc3c(c1C2)Oc1ccccc1C3. The van der Waals surface area contributed by atoms with Crippen LogP contribution in [0.1, 0.15) is 29.5 Å². The van der Waals surface area contributed by atoms with Crippen LogP contribution in [0.25, 0.3) is 0 Å². The molecule has 0 fully saturated rings. The number of ether oxygens (including phenoxy) is 2. The number of fused-ring (bicyclic) bond motifs is 4. The molecule has 0 saturated heterocycles. The third-order valence-electron chi connectivity index (χ3n) is 4.68. The van der Waals surface area contributed by atoms with Crippen LogP contribution in [0.15, 0.2) is 59.9 Å². The molecule has 5 rings (SSSR count). The summed E-state index contributed by atoms with van der Waals surface area (Å²) >= 11 is 0. The smallest absolute Gasteiger partial charge is 0.138 e. The van der Waals surface area contributed by atoms with Crippen LogP contribution in [-0.4, -0.2) is 0 Å². The van der Waals surface area contributed by atoms with E-state index in [4.69, 9.17) is 9.47 Å². The minimum Gasteiger partial charge on any atom is -0.461 e. The van der Waals surface area contributed by atoms with E-state index < -0.39 is 0 Å². The third-order valence-corrected chi connectivity index (χ3v) is 4.68. The van der Waals surface area contributed by atoms with Gasteiger partial charge in [-0.3, -0.25) is 0 Å². The van der Waals surface area contributed by atoms with Crippen molar-refractivity contribution in [2.75, 3.05) is 0 Å². The van der Waals surface area contributed by atoms with E-state index >= 15 is 0 Å². The van der Waals surface area contributed by atoms with Crippen molar-refractivity contribution in [3.63, 3.8) is 0 Å². The Balaban J connectivity index is 1.61. The van der Waals surface area contributed by atoms with E-state index in [-0.39, 0.29) is 0 Å². The number of benzene rings is 2. The van der Waals surface area contributed by atoms with Gasteiger partial charge in [-0.05, 0) is 35.3 Å². The fraction of sp³-hybridized carbons (Fsp3) is 0.200. The molecular formula is C20H16O2. The van der Waals surface area contributed by atoms with Crippen molar-refractivity contribution in [3.05, 3.63) is 76.6 Å². The monoisotopic (exact) mass is 288 g/mol. The fourth-order valence-electron chi connectivity index (χ4n) is 3.54. The molecule has 2 heteroatoms. The zero-order valence-electron chi connectivity index (χ0n) is 12.3. The van der Waals surface area contributed by atoms with Gasteiger partial charge in [0, 0.05) is 24.8 Å². The molecule has 0 amide bonds. The number of para-hydroxylation sites is 1. The zero-order chi connectivity index (χ0) is 14.5. The van der Waals surface area contributed by atoms with Gasteiger partial charge in [-0.15, -0.1) is 0 Å². The zero-order valence-corrected chi connectivity index (χ0v) is 12.3. The third kappa shape index (κ3) is 1.73. The normalized spacial score (nSPS) is 17.6. The largest absolute Gasteiger partial charge is 0.461 e. The maximum Gasteiger partial charge on any atom is 0.138 e. The standard InChI is InChI=1S/C20H16O2/c1-4-8-18-13(5-1)11-15-9-10-19-16(20(15)22-18)12-14-6-2-3-7-17(14)21-19/h1-2,4-6,8-10H,3,7,11-12H2. The number of allylic oxidation sites excluding steroid dienone is 4. The first-order valence-electron chi connectivity index (χ1n) is 7.85. The Bertz CT molecular complexity index is 843. The van der Waals surface area contributed by atoms with E-state index in [1.54, 1.807) is 0 Å². The van der Waals surface area contributed by atoms with Crippen LogP contribution >= 0.6 is 0 Å². The second kappa shape index (κ2) is 4.51. The lowest BCUT2D eigenvalue weighted by molar-refractivity contribution is 0.372. The van der Waals surface area contributed by atoms with Gasteiger partial charge in [-0.1, -0.05) is 36.4 Å². The van der Waals surface area contributed by atoms with E-state index in [0.717, 1.165) is 48.7 Å². The Kier molecular flexibility index (Phi) is 2.48. The Labute approximate surface area is 129 Å². The first-order chi connectivity index (χ1) is 10.9. The van der Waals surface area contributed by atoms with Crippen molar-refractivity contribution in [1.29, 1.82) is 0 Å². The first-order valence-corrected chi connectivity index (χ1v) is 7.85. The average molecular weight is 288 g/mol. The quantitative estimate of drug-likeness (QED) is 0.584. The summed E-state index contributed by atoms with van der Waals surface area (Å²) in [5.74, 6) is 4.07. The van der Waals surface area contributed by atoms with E-state index in [0.29, 0.717) is 0 Å². The van der Waals surface area contributed by atoms with Crippen LogP contribution in [0.5, 0.6) is 17.2 Å². The van der Waals surface area contributed by atoms with Crippen molar-refractivity contribution in [1.82, 2.24) is 0 Å². The molecule has 22 heavy (non-hydrogen) atoms. The van der Waals surface area contributed by atoms with Crippen LogP contribution in [-0.2, 0) is 12.8 Å². The predicted octanol–water partition coefficient (Wildman–Crippen LogP) is 4.92. The molecule has 0 N–H and O–H groups in total. The summed E-state index contributed by atoms with van der Waals surface area (Å²) in [6, 6.07) is 12.5. The molecule has 0 spiro atoms. The predicted molar refractivity (Wildman–Crippen MR) is 85.5 cm³/mol. The minimum absolute atomic E-state index is 0.909. The van der Waals surface area contributed by atoms with E-state index in [1.165, 1.54) is 22.3 Å². The molecule has 2 aromatic carbocycles. The lowest BCUT2D eigenvalue weighted by Gasteiger charge is -2.29. The summed E-state index contributed by atoms with van der Waals surface area (Å²) < 4.78 is 12.4. The molecule has 2 aliphatic heterocycles. The van der Waals surface area contributed by atoms with Crippen molar-refractivity contribution < 1.29 is 9.47 Å². The summed E-state index contributed by atoms with van der Waals surface area (Å²) in [4.78, 5) is 0. The highest BCUT2D eigenvalue weighted by Crippen LogP contribution is 2.46. The van der Waals surface area contributed by atoms with Gasteiger partial charge in [0.1, 0.15) is 23.0 Å². The van der Waals surface area contributed by atoms with Gasteiger partial charge in [0.15, 0.2) is 0 Å². The summed E-state index contributed by atoms with van der Waals surface area (Å²) in [5.41, 5.74) is 5.00. The Hall–Kier alpha value is -2.48. The van der Waals surface area contributed by atoms with Crippen molar-refractivity contribution >= 4 is 0 Å². The number of hydrogen-bond donors (Lipinski definition) is 0. The number of rotatable bonds is 0. The molecular weight excluding hydrogens is 272 g/mol. The van der Waals surface area contributed by atoms with Gasteiger partial charge >= 0.3 is 0 Å². The Morgan fingerprint density at radius 1 is 0.818 bits per heavy atom. The van der Waals surface area contributed by atoms with Gasteiger partial charge in [0.2, 0.25) is 0 Å². The summed E-state index contributed by atoms with van der Waals surface area (Å²) in [6.45, 7) is 0. The Morgan fingerprint density at radius 2 is 1.77 bits per heavy atom. The molecule has 0 saturated carbocycles. The molecule has 108 valence electrons. The van der Waals surface area contributed by atoms with Gasteiger partial charge in [-0.25, -0.2) is 0 Å². The topological polar surface area (TPSA) is 18.5 Å². The average Bonchev–Trinajstić information content (AvgIpc) is 2.58. The van der Waals surface area contributed by atoms with Crippen molar-refractivity contribution in [2.45, 2.75) is 25.7 Å². The highest BCUT2D eigenvalue weighted by atomic mass is 16.5. The fourth-order valence-corrected chi connectivity index (χ4v) is 3.54. The number of hydrogen-bond acceptors (Lipinski definition) is 2. The molecule has 0 aromatic heterocycles. The lowest BCUT2D eigenvalue weighted by atomic mass is 9.91. The van der Waals surface area contributed by atoms with Gasteiger partial charge in [-0.2, -0.15) is 0 Å². The summed E-state index contributed by atoms with van der Waals surface area (Å²) in [6.07, 6.45) is 8.36. The molecule has 1 aliphatic carbocycles. The van der Waals surface area contributed by atoms with E-state index in [2.05, 4.69) is 36.4 Å². The van der Waals surface area contributed by atoms with Gasteiger partial charge < -0.3 is 9.47 Å². The van der Waals surface area contributed by atoms with E-state index in [9.17, 15) is 0 Å². The lowest BCUT2D eigenvalue weighted by Crippen LogP contribution is -2.14. The van der Waals surface area contributed by atoms with Gasteiger partial charge in [0.05, 0.1) is 0 Å². The molecule has 2 nitrogen and oxygen atoms in total. The molecule has 2 heterocycles. The maximum absolute atomic E-state index is 6.23. The van der Waals surface area contributed by atoms with Gasteiger partial charge in [0.25, 0.3) is 0 Å². The van der Waals surface area contributed by atoms with Crippen LogP contribution < -0.4 is 9.47 Å². The van der Waals surface area contributed by atoms with E-state index in [1.807, 2.05) is 12.1 Å². The highest BCUT2D eigenvalue weighted by molar-refractivity contribution is 5.60. The van der Waals surface area contributed by atoms with Crippen molar-refractivity contribution in [3.8, 4) is 17.2 Å². The molecule has 3 aliphatic rings. The minimum atomic E-state index is 0.909. The van der Waals surface area contributed by atoms with Crippen LogP contribution in [0.4, 0.5) is 0 Å². The molecule has 0 radical (unpaired) electrons. The summed E-state index contributed by atoms with van der Waals surface area (Å²) in [5, 5.41) is 0.